The van der Waals surface area contributed by atoms with Gasteiger partial charge in [-0.1, -0.05) is 48.5 Å². The second-order valence-electron chi connectivity index (χ2n) is 8.22. The van der Waals surface area contributed by atoms with E-state index in [9.17, 15) is 14.4 Å². The molecule has 3 amide bonds. The van der Waals surface area contributed by atoms with Crippen molar-refractivity contribution in [2.45, 2.75) is 19.5 Å². The summed E-state index contributed by atoms with van der Waals surface area (Å²) in [6.45, 7) is 2.67. The quantitative estimate of drug-likeness (QED) is 0.402. The number of aldehydes is 1. The predicted octanol–water partition coefficient (Wildman–Crippen LogP) is 2.57. The Labute approximate surface area is 199 Å². The molecule has 0 spiro atoms. The van der Waals surface area contributed by atoms with Gasteiger partial charge in [0, 0.05) is 13.6 Å². The van der Waals surface area contributed by atoms with Crippen LogP contribution >= 0.6 is 0 Å². The first-order valence-corrected chi connectivity index (χ1v) is 11.1. The lowest BCUT2D eigenvalue weighted by molar-refractivity contribution is -0.123. The monoisotopic (exact) mass is 461 g/mol. The number of nitrogens with one attached hydrogen (secondary N) is 2. The zero-order chi connectivity index (χ0) is 24.7. The van der Waals surface area contributed by atoms with Crippen LogP contribution in [0.2, 0.25) is 0 Å². The van der Waals surface area contributed by atoms with Gasteiger partial charge in [-0.2, -0.15) is 0 Å². The van der Waals surface area contributed by atoms with Crippen LogP contribution in [0.15, 0.2) is 60.7 Å². The average Bonchev–Trinajstić information content (AvgIpc) is 2.83. The van der Waals surface area contributed by atoms with E-state index in [0.717, 1.165) is 11.1 Å². The van der Waals surface area contributed by atoms with Crippen LogP contribution in [0.3, 0.4) is 0 Å². The number of hydrogen-bond donors (Lipinski definition) is 3. The van der Waals surface area contributed by atoms with Gasteiger partial charge >= 0.3 is 6.03 Å². The highest BCUT2D eigenvalue weighted by Gasteiger charge is 2.23. The van der Waals surface area contributed by atoms with Gasteiger partial charge in [-0.25, -0.2) is 4.79 Å². The zero-order valence-corrected chi connectivity index (χ0v) is 19.7. The van der Waals surface area contributed by atoms with E-state index in [1.54, 1.807) is 19.2 Å². The maximum atomic E-state index is 12.4. The Balaban J connectivity index is 1.92. The fraction of sp³-hybridized carbons (Fsp3) is 0.269. The minimum Gasteiger partial charge on any atom is -0.369 e. The van der Waals surface area contributed by atoms with Crippen molar-refractivity contribution < 1.29 is 14.4 Å². The maximum absolute atomic E-state index is 12.4. The van der Waals surface area contributed by atoms with Crippen LogP contribution in [-0.4, -0.2) is 51.5 Å². The summed E-state index contributed by atoms with van der Waals surface area (Å²) in [6, 6.07) is 18.2. The molecule has 1 unspecified atom stereocenters. The highest BCUT2D eigenvalue weighted by Crippen LogP contribution is 2.31. The number of benzene rings is 3. The number of nitrogens with zero attached hydrogens (tertiary/aromatic N) is 2. The predicted molar refractivity (Wildman–Crippen MR) is 136 cm³/mol. The number of primary amides is 1. The van der Waals surface area contributed by atoms with Crippen molar-refractivity contribution in [1.29, 1.82) is 0 Å². The molecule has 3 aromatic carbocycles. The number of likely N-dealkylation sites (N-methyl/N-ethyl adjacent to an activating group) is 1. The minimum absolute atomic E-state index is 0.0601. The Hall–Kier alpha value is -3.91. The Morgan fingerprint density at radius 2 is 1.71 bits per heavy atom. The van der Waals surface area contributed by atoms with E-state index in [4.69, 9.17) is 5.73 Å². The number of fused-ring (bicyclic) bond motifs is 1. The fourth-order valence-corrected chi connectivity index (χ4v) is 4.04. The molecule has 0 fully saturated rings. The van der Waals surface area contributed by atoms with Crippen molar-refractivity contribution in [3.05, 3.63) is 71.8 Å². The third-order valence-corrected chi connectivity index (χ3v) is 5.75. The van der Waals surface area contributed by atoms with Crippen molar-refractivity contribution >= 4 is 40.4 Å². The highest BCUT2D eigenvalue weighted by atomic mass is 16.2. The molecule has 3 rings (SSSR count). The molecule has 0 saturated carbocycles. The molecule has 0 aliphatic carbocycles. The van der Waals surface area contributed by atoms with Gasteiger partial charge in [0.15, 0.2) is 0 Å². The molecule has 0 saturated heterocycles. The molecule has 0 bridgehead atoms. The highest BCUT2D eigenvalue weighted by molar-refractivity contribution is 5.96. The topological polar surface area (TPSA) is 108 Å². The Morgan fingerprint density at radius 1 is 1.03 bits per heavy atom. The number of anilines is 2. The number of aryl methyl sites for hydroxylation is 1. The van der Waals surface area contributed by atoms with E-state index < -0.39 is 12.1 Å². The number of urea groups is 1. The molecule has 0 aliphatic heterocycles. The number of para-hydroxylation sites is 2. The fourth-order valence-electron chi connectivity index (χ4n) is 4.04. The summed E-state index contributed by atoms with van der Waals surface area (Å²) in [6.07, 6.45) is 0.606. The molecule has 8 nitrogen and oxygen atoms in total. The summed E-state index contributed by atoms with van der Waals surface area (Å²) in [5.41, 5.74) is 9.40. The van der Waals surface area contributed by atoms with Crippen molar-refractivity contribution in [1.82, 2.24) is 10.6 Å². The van der Waals surface area contributed by atoms with E-state index >= 15 is 0 Å². The van der Waals surface area contributed by atoms with Crippen molar-refractivity contribution in [2.75, 3.05) is 37.0 Å². The van der Waals surface area contributed by atoms with Crippen LogP contribution in [0.5, 0.6) is 0 Å². The molecule has 0 aliphatic rings. The number of nitrogens with two attached hydrogens (primary N) is 1. The SMILES string of the molecule is CNCC(=O)NC(C=O)CN(C(N)=O)c1ccccc1N(C)Cc1c(C)ccc2ccccc12. The number of hydrogen-bond acceptors (Lipinski definition) is 5. The van der Waals surface area contributed by atoms with Gasteiger partial charge in [0.05, 0.1) is 24.5 Å². The van der Waals surface area contributed by atoms with E-state index in [1.807, 2.05) is 31.3 Å². The van der Waals surface area contributed by atoms with Crippen molar-refractivity contribution in [2.24, 2.45) is 5.73 Å². The van der Waals surface area contributed by atoms with E-state index in [2.05, 4.69) is 46.7 Å². The molecule has 0 aromatic heterocycles. The van der Waals surface area contributed by atoms with E-state index in [-0.39, 0.29) is 19.0 Å². The number of carbonyl (C=O) groups excluding carboxylic acids is 3. The summed E-state index contributed by atoms with van der Waals surface area (Å²) in [5.74, 6) is -0.346. The first-order valence-electron chi connectivity index (χ1n) is 11.1. The summed E-state index contributed by atoms with van der Waals surface area (Å²) in [4.78, 5) is 39.4. The second kappa shape index (κ2) is 11.3. The third-order valence-electron chi connectivity index (χ3n) is 5.75. The van der Waals surface area contributed by atoms with E-state index in [0.29, 0.717) is 18.5 Å². The first-order chi connectivity index (χ1) is 16.3. The van der Waals surface area contributed by atoms with Crippen LogP contribution in [0.1, 0.15) is 11.1 Å². The van der Waals surface area contributed by atoms with Crippen molar-refractivity contribution in [3.8, 4) is 0 Å². The van der Waals surface area contributed by atoms with Gasteiger partial charge in [-0.15, -0.1) is 0 Å². The number of rotatable bonds is 10. The molecule has 4 N–H and O–H groups in total. The molecule has 178 valence electrons. The lowest BCUT2D eigenvalue weighted by Crippen LogP contribution is -2.50. The summed E-state index contributed by atoms with van der Waals surface area (Å²) >= 11 is 0. The van der Waals surface area contributed by atoms with Crippen LogP contribution in [0, 0.1) is 6.92 Å². The molecular weight excluding hydrogens is 430 g/mol. The molecule has 0 radical (unpaired) electrons. The first kappa shape index (κ1) is 24.7. The summed E-state index contributed by atoms with van der Waals surface area (Å²) in [7, 11) is 3.58. The Kier molecular flexibility index (Phi) is 8.21. The molecule has 1 atom stereocenters. The van der Waals surface area contributed by atoms with Gasteiger partial charge < -0.3 is 26.1 Å². The normalized spacial score (nSPS) is 11.6. The number of carbonyl (C=O) groups is 3. The van der Waals surface area contributed by atoms with Gasteiger partial charge in [0.25, 0.3) is 0 Å². The van der Waals surface area contributed by atoms with Gasteiger partial charge in [0.1, 0.15) is 12.3 Å². The Bertz CT molecular complexity index is 1180. The second-order valence-corrected chi connectivity index (χ2v) is 8.22. The Morgan fingerprint density at radius 3 is 2.38 bits per heavy atom. The van der Waals surface area contributed by atoms with Gasteiger partial charge in [0.2, 0.25) is 5.91 Å². The van der Waals surface area contributed by atoms with Gasteiger partial charge in [-0.05, 0) is 48.0 Å². The van der Waals surface area contributed by atoms with Crippen LogP contribution in [0.25, 0.3) is 10.8 Å². The lowest BCUT2D eigenvalue weighted by atomic mass is 9.99. The molecule has 3 aromatic rings. The summed E-state index contributed by atoms with van der Waals surface area (Å²) in [5, 5.41) is 7.67. The lowest BCUT2D eigenvalue weighted by Gasteiger charge is -2.30. The number of amides is 3. The average molecular weight is 462 g/mol. The molecule has 8 heteroatoms. The van der Waals surface area contributed by atoms with Gasteiger partial charge in [-0.3, -0.25) is 9.69 Å². The standard InChI is InChI=1S/C26H31N5O3/c1-18-12-13-19-8-4-5-9-21(19)22(18)16-30(3)23-10-6-7-11-24(23)31(26(27)34)15-20(17-32)29-25(33)14-28-2/h4-13,17,20,28H,14-16H2,1-3H3,(H2,27,34)(H,29,33). The molecule has 34 heavy (non-hydrogen) atoms. The largest absolute Gasteiger partial charge is 0.369 e. The van der Waals surface area contributed by atoms with E-state index in [1.165, 1.54) is 21.4 Å². The zero-order valence-electron chi connectivity index (χ0n) is 19.7. The van der Waals surface area contributed by atoms with Crippen LogP contribution in [0.4, 0.5) is 16.2 Å². The van der Waals surface area contributed by atoms with Crippen molar-refractivity contribution in [3.63, 3.8) is 0 Å². The smallest absolute Gasteiger partial charge is 0.319 e. The maximum Gasteiger partial charge on any atom is 0.319 e. The third kappa shape index (κ3) is 5.71. The minimum atomic E-state index is -0.896. The van der Waals surface area contributed by atoms with Crippen LogP contribution < -0.4 is 26.2 Å². The molecular formula is C26H31N5O3. The van der Waals surface area contributed by atoms with Crippen LogP contribution in [-0.2, 0) is 16.1 Å². The summed E-state index contributed by atoms with van der Waals surface area (Å²) < 4.78 is 0. The molecule has 0 heterocycles.